The molecule has 1 saturated carbocycles. The van der Waals surface area contributed by atoms with Gasteiger partial charge in [-0.05, 0) is 30.5 Å². The molecule has 2 N–H and O–H groups in total. The zero-order valence-corrected chi connectivity index (χ0v) is 15.3. The first-order valence-electron chi connectivity index (χ1n) is 7.81. The number of methoxy groups -OCH3 is 1. The number of nitrogens with zero attached hydrogens (tertiary/aromatic N) is 2. The minimum Gasteiger partial charge on any atom is -0.465 e. The van der Waals surface area contributed by atoms with Crippen LogP contribution in [0, 0.1) is 0 Å². The number of thioether (sulfide) groups is 1. The van der Waals surface area contributed by atoms with E-state index in [1.807, 2.05) is 0 Å². The number of rotatable bonds is 8. The lowest BCUT2D eigenvalue weighted by molar-refractivity contribution is -0.118. The molecular formula is C16H18N4O3S2. The Morgan fingerprint density at radius 2 is 2.04 bits per heavy atom. The normalized spacial score (nSPS) is 13.3. The first kappa shape index (κ1) is 17.7. The van der Waals surface area contributed by atoms with Gasteiger partial charge in [0.05, 0.1) is 18.4 Å². The van der Waals surface area contributed by atoms with E-state index >= 15 is 0 Å². The number of aromatic nitrogens is 2. The van der Waals surface area contributed by atoms with Crippen molar-refractivity contribution in [1.29, 1.82) is 0 Å². The molecular weight excluding hydrogens is 360 g/mol. The highest BCUT2D eigenvalue weighted by Gasteiger charge is 2.22. The van der Waals surface area contributed by atoms with E-state index in [2.05, 4.69) is 25.6 Å². The van der Waals surface area contributed by atoms with Crippen molar-refractivity contribution in [2.24, 2.45) is 0 Å². The molecule has 25 heavy (non-hydrogen) atoms. The van der Waals surface area contributed by atoms with Crippen molar-refractivity contribution in [1.82, 2.24) is 15.5 Å². The van der Waals surface area contributed by atoms with E-state index in [9.17, 15) is 9.59 Å². The lowest BCUT2D eigenvalue weighted by Gasteiger charge is -2.05. The van der Waals surface area contributed by atoms with E-state index in [-0.39, 0.29) is 17.6 Å². The second-order valence-corrected chi connectivity index (χ2v) is 7.75. The Morgan fingerprint density at radius 1 is 1.28 bits per heavy atom. The van der Waals surface area contributed by atoms with Crippen molar-refractivity contribution in [3.05, 3.63) is 35.4 Å². The molecule has 132 valence electrons. The van der Waals surface area contributed by atoms with Gasteiger partial charge in [0, 0.05) is 12.6 Å². The van der Waals surface area contributed by atoms with Crippen molar-refractivity contribution in [2.75, 3.05) is 18.2 Å². The van der Waals surface area contributed by atoms with Gasteiger partial charge < -0.3 is 15.4 Å². The number of benzene rings is 1. The lowest BCUT2D eigenvalue weighted by Crippen LogP contribution is -2.24. The molecule has 1 heterocycles. The van der Waals surface area contributed by atoms with Crippen LogP contribution >= 0.6 is 23.1 Å². The van der Waals surface area contributed by atoms with Crippen LogP contribution in [-0.4, -0.2) is 41.0 Å². The molecule has 0 spiro atoms. The van der Waals surface area contributed by atoms with E-state index in [0.29, 0.717) is 18.2 Å². The number of ether oxygens (including phenoxy) is 1. The monoisotopic (exact) mass is 378 g/mol. The number of esters is 1. The fraction of sp³-hybridized carbons (Fsp3) is 0.375. The van der Waals surface area contributed by atoms with Crippen molar-refractivity contribution in [2.45, 2.75) is 29.8 Å². The molecule has 0 bridgehead atoms. The Kier molecular flexibility index (Phi) is 5.87. The Labute approximate surface area is 153 Å². The zero-order chi connectivity index (χ0) is 17.6. The van der Waals surface area contributed by atoms with Gasteiger partial charge in [-0.15, -0.1) is 10.2 Å². The summed E-state index contributed by atoms with van der Waals surface area (Å²) < 4.78 is 5.43. The van der Waals surface area contributed by atoms with Crippen molar-refractivity contribution in [3.8, 4) is 0 Å². The number of hydrogen-bond acceptors (Lipinski definition) is 8. The topological polar surface area (TPSA) is 93.2 Å². The van der Waals surface area contributed by atoms with Gasteiger partial charge in [-0.3, -0.25) is 4.79 Å². The van der Waals surface area contributed by atoms with Crippen molar-refractivity contribution in [3.63, 3.8) is 0 Å². The first-order valence-corrected chi connectivity index (χ1v) is 9.61. The van der Waals surface area contributed by atoms with Crippen LogP contribution in [0.5, 0.6) is 0 Å². The van der Waals surface area contributed by atoms with E-state index < -0.39 is 0 Å². The van der Waals surface area contributed by atoms with E-state index in [1.54, 1.807) is 24.3 Å². The summed E-state index contributed by atoms with van der Waals surface area (Å²) in [6, 6.07) is 7.48. The molecule has 1 aliphatic carbocycles. The molecule has 1 aromatic heterocycles. The summed E-state index contributed by atoms with van der Waals surface area (Å²) in [6.07, 6.45) is 2.37. The summed E-state index contributed by atoms with van der Waals surface area (Å²) in [5, 5.41) is 15.1. The van der Waals surface area contributed by atoms with Gasteiger partial charge in [0.25, 0.3) is 0 Å². The molecule has 9 heteroatoms. The third kappa shape index (κ3) is 5.43. The molecule has 1 aliphatic rings. The molecule has 0 radical (unpaired) electrons. The quantitative estimate of drug-likeness (QED) is 0.538. The highest BCUT2D eigenvalue weighted by molar-refractivity contribution is 8.01. The zero-order valence-electron chi connectivity index (χ0n) is 13.7. The lowest BCUT2D eigenvalue weighted by atomic mass is 10.1. The molecule has 2 aromatic rings. The average molecular weight is 378 g/mol. The largest absolute Gasteiger partial charge is 0.465 e. The Bertz CT molecular complexity index is 744. The Balaban J connectivity index is 1.40. The van der Waals surface area contributed by atoms with E-state index in [4.69, 9.17) is 0 Å². The summed E-state index contributed by atoms with van der Waals surface area (Å²) in [5.74, 6) is -0.160. The third-order valence-corrected chi connectivity index (χ3v) is 5.49. The summed E-state index contributed by atoms with van der Waals surface area (Å²) >= 11 is 2.84. The van der Waals surface area contributed by atoms with Crippen LogP contribution in [0.2, 0.25) is 0 Å². The number of anilines is 1. The minimum atomic E-state index is -0.375. The van der Waals surface area contributed by atoms with Gasteiger partial charge >= 0.3 is 5.97 Å². The number of nitrogens with one attached hydrogen (secondary N) is 2. The number of carbonyl (C=O) groups is 2. The molecule has 1 fully saturated rings. The number of amides is 1. The molecule has 3 rings (SSSR count). The number of carbonyl (C=O) groups excluding carboxylic acids is 2. The molecule has 1 amide bonds. The highest BCUT2D eigenvalue weighted by atomic mass is 32.2. The van der Waals surface area contributed by atoms with Crippen LogP contribution < -0.4 is 10.6 Å². The summed E-state index contributed by atoms with van der Waals surface area (Å²) in [7, 11) is 1.34. The van der Waals surface area contributed by atoms with Gasteiger partial charge in [0.1, 0.15) is 0 Å². The maximum Gasteiger partial charge on any atom is 0.337 e. The molecule has 0 saturated heterocycles. The van der Waals surface area contributed by atoms with Crippen LogP contribution in [0.1, 0.15) is 28.8 Å². The van der Waals surface area contributed by atoms with Crippen LogP contribution in [-0.2, 0) is 16.1 Å². The van der Waals surface area contributed by atoms with Crippen LogP contribution in [0.15, 0.2) is 28.6 Å². The summed E-state index contributed by atoms with van der Waals surface area (Å²) in [6.45, 7) is 0.408. The fourth-order valence-electron chi connectivity index (χ4n) is 1.98. The van der Waals surface area contributed by atoms with Crippen molar-refractivity contribution < 1.29 is 14.3 Å². The second-order valence-electron chi connectivity index (χ2n) is 5.55. The molecule has 0 aliphatic heterocycles. The van der Waals surface area contributed by atoms with E-state index in [1.165, 1.54) is 43.1 Å². The van der Waals surface area contributed by atoms with Crippen LogP contribution in [0.25, 0.3) is 0 Å². The molecule has 0 atom stereocenters. The smallest absolute Gasteiger partial charge is 0.337 e. The summed E-state index contributed by atoms with van der Waals surface area (Å²) in [4.78, 5) is 23.3. The molecule has 1 aromatic carbocycles. The maximum atomic E-state index is 11.9. The fourth-order valence-corrected chi connectivity index (χ4v) is 3.64. The van der Waals surface area contributed by atoms with Crippen LogP contribution in [0.3, 0.4) is 0 Å². The maximum absolute atomic E-state index is 11.9. The Morgan fingerprint density at radius 3 is 2.72 bits per heavy atom. The predicted molar refractivity (Wildman–Crippen MR) is 96.9 cm³/mol. The summed E-state index contributed by atoms with van der Waals surface area (Å²) in [5.41, 5.74) is 1.40. The predicted octanol–water partition coefficient (Wildman–Crippen LogP) is 2.31. The highest BCUT2D eigenvalue weighted by Crippen LogP contribution is 2.30. The number of hydrogen-bond donors (Lipinski definition) is 2. The van der Waals surface area contributed by atoms with Crippen LogP contribution in [0.4, 0.5) is 5.13 Å². The average Bonchev–Trinajstić information content (AvgIpc) is 3.34. The van der Waals surface area contributed by atoms with Gasteiger partial charge in [-0.25, -0.2) is 4.79 Å². The SMILES string of the molecule is COC(=O)c1ccc(CNC(=O)CSc2nnc(NC3CC3)s2)cc1. The third-order valence-electron chi connectivity index (χ3n) is 3.50. The van der Waals surface area contributed by atoms with Gasteiger partial charge in [0.2, 0.25) is 11.0 Å². The van der Waals surface area contributed by atoms with Gasteiger partial charge in [-0.2, -0.15) is 0 Å². The Hall–Kier alpha value is -2.13. The minimum absolute atomic E-state index is 0.0750. The first-order chi connectivity index (χ1) is 12.1. The second kappa shape index (κ2) is 8.30. The van der Waals surface area contributed by atoms with Crippen molar-refractivity contribution >= 4 is 40.1 Å². The van der Waals surface area contributed by atoms with Gasteiger partial charge in [0.15, 0.2) is 4.34 Å². The molecule has 0 unspecified atom stereocenters. The van der Waals surface area contributed by atoms with E-state index in [0.717, 1.165) is 15.0 Å². The standard InChI is InChI=1S/C16H18N4O3S2/c1-23-14(22)11-4-2-10(3-5-11)8-17-13(21)9-24-16-20-19-15(25-16)18-12-6-7-12/h2-5,12H,6-9H2,1H3,(H,17,21)(H,18,19). The van der Waals surface area contributed by atoms with Gasteiger partial charge in [-0.1, -0.05) is 35.2 Å². The molecule has 7 nitrogen and oxygen atoms in total.